The molecular formula is C13H23BrN2O3S. The van der Waals surface area contributed by atoms with Crippen molar-refractivity contribution in [2.45, 2.75) is 51.1 Å². The van der Waals surface area contributed by atoms with Crippen LogP contribution in [0.1, 0.15) is 39.4 Å². The van der Waals surface area contributed by atoms with E-state index in [-0.39, 0.29) is 15.6 Å². The Morgan fingerprint density at radius 1 is 1.35 bits per heavy atom. The summed E-state index contributed by atoms with van der Waals surface area (Å²) in [6.45, 7) is 6.52. The van der Waals surface area contributed by atoms with Crippen LogP contribution in [0.25, 0.3) is 0 Å². The van der Waals surface area contributed by atoms with E-state index in [2.05, 4.69) is 39.8 Å². The highest BCUT2D eigenvalue weighted by Crippen LogP contribution is 2.27. The molecule has 0 fully saturated rings. The summed E-state index contributed by atoms with van der Waals surface area (Å²) in [5.41, 5.74) is 0. The summed E-state index contributed by atoms with van der Waals surface area (Å²) in [7, 11) is -1.80. The van der Waals surface area contributed by atoms with Crippen LogP contribution in [0, 0.1) is 5.92 Å². The maximum absolute atomic E-state index is 12.4. The molecule has 0 aliphatic carbocycles. The van der Waals surface area contributed by atoms with Gasteiger partial charge >= 0.3 is 0 Å². The SMILES string of the molecule is CCC(CC)C(C)NS(=O)(=O)c1cc(CNC)oc1Br. The van der Waals surface area contributed by atoms with Gasteiger partial charge < -0.3 is 9.73 Å². The van der Waals surface area contributed by atoms with Crippen molar-refractivity contribution in [2.75, 3.05) is 7.05 Å². The highest BCUT2D eigenvalue weighted by molar-refractivity contribution is 9.10. The first-order valence-electron chi connectivity index (χ1n) is 6.80. The quantitative estimate of drug-likeness (QED) is 0.741. The summed E-state index contributed by atoms with van der Waals surface area (Å²) in [5.74, 6) is 0.905. The fourth-order valence-electron chi connectivity index (χ4n) is 2.24. The Balaban J connectivity index is 2.93. The third-order valence-corrected chi connectivity index (χ3v) is 5.86. The van der Waals surface area contributed by atoms with Crippen LogP contribution in [0.3, 0.4) is 0 Å². The second-order valence-corrected chi connectivity index (χ2v) is 7.27. The maximum atomic E-state index is 12.4. The van der Waals surface area contributed by atoms with Crippen LogP contribution in [-0.2, 0) is 16.6 Å². The van der Waals surface area contributed by atoms with Gasteiger partial charge in [-0.25, -0.2) is 13.1 Å². The van der Waals surface area contributed by atoms with E-state index in [1.807, 2.05) is 6.92 Å². The van der Waals surface area contributed by atoms with Gasteiger partial charge in [-0.3, -0.25) is 0 Å². The molecule has 0 amide bonds. The van der Waals surface area contributed by atoms with Gasteiger partial charge in [-0.15, -0.1) is 0 Å². The second-order valence-electron chi connectivity index (χ2n) is 4.87. The van der Waals surface area contributed by atoms with Gasteiger partial charge in [0.1, 0.15) is 10.7 Å². The summed E-state index contributed by atoms with van der Waals surface area (Å²) < 4.78 is 33.1. The van der Waals surface area contributed by atoms with Crippen LogP contribution >= 0.6 is 15.9 Å². The van der Waals surface area contributed by atoms with E-state index in [4.69, 9.17) is 4.42 Å². The van der Waals surface area contributed by atoms with Crippen molar-refractivity contribution in [3.8, 4) is 0 Å². The molecule has 116 valence electrons. The minimum absolute atomic E-state index is 0.107. The number of hydrogen-bond acceptors (Lipinski definition) is 4. The molecule has 1 unspecified atom stereocenters. The number of rotatable bonds is 8. The van der Waals surface area contributed by atoms with Gasteiger partial charge in [0.05, 0.1) is 6.54 Å². The number of hydrogen-bond donors (Lipinski definition) is 2. The molecule has 1 atom stereocenters. The molecule has 2 N–H and O–H groups in total. The molecule has 1 aromatic heterocycles. The molecule has 0 aliphatic rings. The van der Waals surface area contributed by atoms with Crippen molar-refractivity contribution in [3.05, 3.63) is 16.5 Å². The van der Waals surface area contributed by atoms with E-state index in [9.17, 15) is 8.42 Å². The molecule has 1 heterocycles. The van der Waals surface area contributed by atoms with E-state index in [1.165, 1.54) is 0 Å². The lowest BCUT2D eigenvalue weighted by Gasteiger charge is -2.21. The topological polar surface area (TPSA) is 71.3 Å². The Morgan fingerprint density at radius 3 is 2.45 bits per heavy atom. The van der Waals surface area contributed by atoms with Crippen LogP contribution in [0.2, 0.25) is 0 Å². The zero-order valence-corrected chi connectivity index (χ0v) is 14.8. The predicted molar refractivity (Wildman–Crippen MR) is 83.0 cm³/mol. The van der Waals surface area contributed by atoms with Crippen molar-refractivity contribution in [2.24, 2.45) is 5.92 Å². The normalized spacial score (nSPS) is 13.9. The first kappa shape index (κ1) is 17.7. The van der Waals surface area contributed by atoms with Crippen molar-refractivity contribution in [3.63, 3.8) is 0 Å². The number of halogens is 1. The van der Waals surface area contributed by atoms with Gasteiger partial charge in [0.15, 0.2) is 4.67 Å². The highest BCUT2D eigenvalue weighted by Gasteiger charge is 2.26. The van der Waals surface area contributed by atoms with E-state index in [0.717, 1.165) is 12.8 Å². The van der Waals surface area contributed by atoms with E-state index >= 15 is 0 Å². The van der Waals surface area contributed by atoms with Gasteiger partial charge in [-0.1, -0.05) is 26.7 Å². The minimum Gasteiger partial charge on any atom is -0.452 e. The van der Waals surface area contributed by atoms with E-state index in [1.54, 1.807) is 13.1 Å². The predicted octanol–water partition coefficient (Wildman–Crippen LogP) is 2.86. The Bertz CT molecular complexity index is 524. The summed E-state index contributed by atoms with van der Waals surface area (Å²) >= 11 is 3.17. The van der Waals surface area contributed by atoms with Crippen molar-refractivity contribution < 1.29 is 12.8 Å². The van der Waals surface area contributed by atoms with Crippen LogP contribution in [0.5, 0.6) is 0 Å². The van der Waals surface area contributed by atoms with Gasteiger partial charge in [0, 0.05) is 12.1 Å². The van der Waals surface area contributed by atoms with Gasteiger partial charge in [0.2, 0.25) is 10.0 Å². The van der Waals surface area contributed by atoms with Gasteiger partial charge in [-0.05, 0) is 35.8 Å². The minimum atomic E-state index is -3.57. The highest BCUT2D eigenvalue weighted by atomic mass is 79.9. The standard InChI is InChI=1S/C13H23BrN2O3S/c1-5-10(6-2)9(3)16-20(17,18)12-7-11(8-15-4)19-13(12)14/h7,9-10,15-16H,5-6,8H2,1-4H3. The van der Waals surface area contributed by atoms with Gasteiger partial charge in [0.25, 0.3) is 0 Å². The van der Waals surface area contributed by atoms with Crippen LogP contribution in [0.15, 0.2) is 20.0 Å². The monoisotopic (exact) mass is 366 g/mol. The summed E-state index contributed by atoms with van der Waals surface area (Å²) in [4.78, 5) is 0.153. The number of sulfonamides is 1. The molecule has 1 rings (SSSR count). The zero-order chi connectivity index (χ0) is 15.3. The largest absolute Gasteiger partial charge is 0.452 e. The van der Waals surface area contributed by atoms with Crippen molar-refractivity contribution in [1.29, 1.82) is 0 Å². The van der Waals surface area contributed by atoms with Crippen LogP contribution in [-0.4, -0.2) is 21.5 Å². The molecule has 5 nitrogen and oxygen atoms in total. The molecule has 0 bridgehead atoms. The van der Waals surface area contributed by atoms with Gasteiger partial charge in [-0.2, -0.15) is 0 Å². The fraction of sp³-hybridized carbons (Fsp3) is 0.692. The Labute approximate surface area is 129 Å². The molecule has 20 heavy (non-hydrogen) atoms. The smallest absolute Gasteiger partial charge is 0.245 e. The number of furan rings is 1. The van der Waals surface area contributed by atoms with E-state index in [0.29, 0.717) is 18.2 Å². The second kappa shape index (κ2) is 7.59. The van der Waals surface area contributed by atoms with E-state index < -0.39 is 10.0 Å². The molecule has 0 saturated heterocycles. The van der Waals surface area contributed by atoms with Crippen LogP contribution in [0.4, 0.5) is 0 Å². The van der Waals surface area contributed by atoms with Crippen molar-refractivity contribution in [1.82, 2.24) is 10.0 Å². The molecular weight excluding hydrogens is 344 g/mol. The first-order valence-corrected chi connectivity index (χ1v) is 9.08. The average molecular weight is 367 g/mol. The zero-order valence-electron chi connectivity index (χ0n) is 12.4. The summed E-state index contributed by atoms with van der Waals surface area (Å²) in [5, 5.41) is 2.92. The summed E-state index contributed by atoms with van der Waals surface area (Å²) in [6.07, 6.45) is 1.88. The third-order valence-electron chi connectivity index (χ3n) is 3.44. The molecule has 1 aromatic rings. The fourth-order valence-corrected chi connectivity index (χ4v) is 4.55. The lowest BCUT2D eigenvalue weighted by molar-refractivity contribution is 0.390. The van der Waals surface area contributed by atoms with Crippen LogP contribution < -0.4 is 10.0 Å². The molecule has 7 heteroatoms. The average Bonchev–Trinajstić information content (AvgIpc) is 2.72. The molecule has 0 spiro atoms. The lowest BCUT2D eigenvalue weighted by atomic mass is 9.96. The third kappa shape index (κ3) is 4.31. The van der Waals surface area contributed by atoms with Crippen molar-refractivity contribution >= 4 is 26.0 Å². The molecule has 0 aliphatic heterocycles. The molecule has 0 saturated carbocycles. The molecule has 0 aromatic carbocycles. The first-order chi connectivity index (χ1) is 9.35. The molecule has 0 radical (unpaired) electrons. The number of nitrogens with one attached hydrogen (secondary N) is 2. The maximum Gasteiger partial charge on any atom is 0.245 e. The summed E-state index contributed by atoms with van der Waals surface area (Å²) in [6, 6.07) is 1.44. The Morgan fingerprint density at radius 2 is 1.95 bits per heavy atom. The Kier molecular flexibility index (Phi) is 6.71. The Hall–Kier alpha value is -0.370. The lowest BCUT2D eigenvalue weighted by Crippen LogP contribution is -2.37.